The van der Waals surface area contributed by atoms with E-state index in [2.05, 4.69) is 16.9 Å². The molecule has 2 aromatic heterocycles. The molecule has 10 nitrogen and oxygen atoms in total. The Hall–Kier alpha value is -4.66. The van der Waals surface area contributed by atoms with Crippen LogP contribution in [0.5, 0.6) is 5.75 Å². The molecule has 1 N–H and O–H groups in total. The van der Waals surface area contributed by atoms with Crippen LogP contribution in [0.15, 0.2) is 58.4 Å². The van der Waals surface area contributed by atoms with E-state index in [1.165, 1.54) is 0 Å². The Morgan fingerprint density at radius 2 is 1.95 bits per heavy atom. The number of nitrogens with zero attached hydrogens (tertiary/aromatic N) is 5. The molecule has 2 aliphatic heterocycles. The van der Waals surface area contributed by atoms with Crippen LogP contribution in [0, 0.1) is 0 Å². The summed E-state index contributed by atoms with van der Waals surface area (Å²) in [5.41, 5.74) is 12.6. The van der Waals surface area contributed by atoms with E-state index in [9.17, 15) is 14.7 Å². The summed E-state index contributed by atoms with van der Waals surface area (Å²) in [6.07, 6.45) is 0.815. The highest BCUT2D eigenvalue weighted by atomic mass is 16.6. The molecule has 4 heterocycles. The monoisotopic (exact) mass is 523 g/mol. The SMILES string of the molecule is CCc1c2c(nc3ccc(OCc4ccc(N=[N+]=[N-])cc4)cc13)-c1cc3c(c(=O)n1C2)COC(=O)[C@]3(O)CC. The van der Waals surface area contributed by atoms with Crippen molar-refractivity contribution in [3.63, 3.8) is 0 Å². The number of rotatable bonds is 6. The number of cyclic esters (lactones) is 1. The summed E-state index contributed by atoms with van der Waals surface area (Å²) in [5, 5.41) is 15.6. The van der Waals surface area contributed by atoms with E-state index >= 15 is 0 Å². The highest BCUT2D eigenvalue weighted by Gasteiger charge is 2.45. The van der Waals surface area contributed by atoms with E-state index in [0.29, 0.717) is 53.5 Å². The van der Waals surface area contributed by atoms with Crippen molar-refractivity contribution in [3.8, 4) is 17.1 Å². The van der Waals surface area contributed by atoms with Crippen molar-refractivity contribution in [1.82, 2.24) is 9.55 Å². The van der Waals surface area contributed by atoms with Crippen molar-refractivity contribution >= 4 is 22.6 Å². The van der Waals surface area contributed by atoms with Crippen molar-refractivity contribution in [3.05, 3.63) is 97.1 Å². The van der Waals surface area contributed by atoms with Gasteiger partial charge in [-0.1, -0.05) is 43.2 Å². The number of esters is 1. The standard InChI is InChI=1S/C29H25N5O5/c1-3-19-20-11-18(38-14-16-5-7-17(8-6-16)32-33-30)9-10-24(20)31-26-21(19)13-34-25(26)12-23-22(27(34)35)15-39-28(36)29(23,37)4-2/h5-12,37H,3-4,13-15H2,1-2H3/t29-/m0/s1. The van der Waals surface area contributed by atoms with Crippen molar-refractivity contribution < 1.29 is 19.4 Å². The first kappa shape index (κ1) is 24.7. The largest absolute Gasteiger partial charge is 0.489 e. The molecule has 0 unspecified atom stereocenters. The predicted molar refractivity (Wildman–Crippen MR) is 143 cm³/mol. The molecule has 2 aliphatic rings. The highest BCUT2D eigenvalue weighted by molar-refractivity contribution is 5.90. The Labute approximate surface area is 223 Å². The maximum absolute atomic E-state index is 13.5. The second-order valence-corrected chi connectivity index (χ2v) is 9.70. The first-order valence-corrected chi connectivity index (χ1v) is 12.8. The fourth-order valence-corrected chi connectivity index (χ4v) is 5.51. The number of ether oxygens (including phenoxy) is 2. The Morgan fingerprint density at radius 1 is 1.15 bits per heavy atom. The third-order valence-electron chi connectivity index (χ3n) is 7.63. The van der Waals surface area contributed by atoms with Crippen LogP contribution >= 0.6 is 0 Å². The molecule has 0 radical (unpaired) electrons. The normalized spacial score (nSPS) is 17.2. The number of carbonyl (C=O) groups excluding carboxylic acids is 1. The molecule has 10 heteroatoms. The summed E-state index contributed by atoms with van der Waals surface area (Å²) < 4.78 is 12.9. The smallest absolute Gasteiger partial charge is 0.343 e. The Balaban J connectivity index is 1.39. The zero-order chi connectivity index (χ0) is 27.3. The van der Waals surface area contributed by atoms with Gasteiger partial charge in [0.25, 0.3) is 5.56 Å². The van der Waals surface area contributed by atoms with Crippen LogP contribution in [0.25, 0.3) is 32.7 Å². The van der Waals surface area contributed by atoms with E-state index in [4.69, 9.17) is 20.0 Å². The second kappa shape index (κ2) is 9.27. The topological polar surface area (TPSA) is 139 Å². The molecule has 196 valence electrons. The molecule has 0 saturated carbocycles. The number of fused-ring (bicyclic) bond motifs is 5. The van der Waals surface area contributed by atoms with E-state index in [-0.39, 0.29) is 18.6 Å². The van der Waals surface area contributed by atoms with E-state index in [1.807, 2.05) is 30.3 Å². The molecular weight excluding hydrogens is 498 g/mol. The van der Waals surface area contributed by atoms with Gasteiger partial charge in [-0.25, -0.2) is 9.78 Å². The van der Waals surface area contributed by atoms with Crippen LogP contribution in [0.2, 0.25) is 0 Å². The molecule has 0 amide bonds. The minimum atomic E-state index is -1.86. The summed E-state index contributed by atoms with van der Waals surface area (Å²) in [5.74, 6) is -0.0511. The van der Waals surface area contributed by atoms with Gasteiger partial charge >= 0.3 is 5.97 Å². The first-order valence-electron chi connectivity index (χ1n) is 12.8. The first-order chi connectivity index (χ1) is 18.9. The maximum atomic E-state index is 13.5. The number of benzene rings is 2. The van der Waals surface area contributed by atoms with Crippen LogP contribution in [-0.4, -0.2) is 20.6 Å². The van der Waals surface area contributed by atoms with Crippen molar-refractivity contribution in [2.45, 2.75) is 52.0 Å². The number of azide groups is 1. The molecule has 4 aromatic rings. The molecule has 0 bridgehead atoms. The lowest BCUT2D eigenvalue weighted by Gasteiger charge is -2.31. The Morgan fingerprint density at radius 3 is 2.67 bits per heavy atom. The Bertz CT molecular complexity index is 1770. The number of carbonyl (C=O) groups is 1. The predicted octanol–water partition coefficient (Wildman–Crippen LogP) is 5.16. The minimum absolute atomic E-state index is 0.0979. The summed E-state index contributed by atoms with van der Waals surface area (Å²) in [7, 11) is 0. The van der Waals surface area contributed by atoms with Crippen LogP contribution < -0.4 is 10.3 Å². The number of aliphatic hydroxyl groups is 1. The second-order valence-electron chi connectivity index (χ2n) is 9.70. The van der Waals surface area contributed by atoms with Gasteiger partial charge in [0.05, 0.1) is 29.0 Å². The van der Waals surface area contributed by atoms with E-state index in [1.54, 1.807) is 29.7 Å². The van der Waals surface area contributed by atoms with Gasteiger partial charge in [0, 0.05) is 27.1 Å². The zero-order valence-electron chi connectivity index (χ0n) is 21.5. The number of pyridine rings is 2. The van der Waals surface area contributed by atoms with E-state index < -0.39 is 11.6 Å². The average Bonchev–Trinajstić information content (AvgIpc) is 3.32. The summed E-state index contributed by atoms with van der Waals surface area (Å²) >= 11 is 0. The fourth-order valence-electron chi connectivity index (χ4n) is 5.51. The molecule has 0 aliphatic carbocycles. The molecular formula is C29H25N5O5. The molecule has 2 aromatic carbocycles. The van der Waals surface area contributed by atoms with Crippen LogP contribution in [0.3, 0.4) is 0 Å². The molecule has 1 atom stereocenters. The molecule has 0 saturated heterocycles. The lowest BCUT2D eigenvalue weighted by molar-refractivity contribution is -0.172. The van der Waals surface area contributed by atoms with E-state index in [0.717, 1.165) is 27.6 Å². The maximum Gasteiger partial charge on any atom is 0.343 e. The van der Waals surface area contributed by atoms with Gasteiger partial charge in [0.15, 0.2) is 5.60 Å². The third-order valence-corrected chi connectivity index (χ3v) is 7.63. The van der Waals surface area contributed by atoms with Gasteiger partial charge < -0.3 is 19.1 Å². The van der Waals surface area contributed by atoms with Gasteiger partial charge in [0.1, 0.15) is 19.0 Å². The number of aromatic nitrogens is 2. The molecule has 0 fully saturated rings. The van der Waals surface area contributed by atoms with Gasteiger partial charge in [-0.3, -0.25) is 4.79 Å². The quantitative estimate of drug-likeness (QED) is 0.141. The van der Waals surface area contributed by atoms with Crippen LogP contribution in [0.1, 0.15) is 48.1 Å². The fraction of sp³-hybridized carbons (Fsp3) is 0.276. The summed E-state index contributed by atoms with van der Waals surface area (Å²) in [6, 6.07) is 14.6. The lowest BCUT2D eigenvalue weighted by Crippen LogP contribution is -2.44. The molecule has 39 heavy (non-hydrogen) atoms. The number of aryl methyl sites for hydroxylation is 1. The van der Waals surface area contributed by atoms with Gasteiger partial charge in [-0.15, -0.1) is 0 Å². The summed E-state index contributed by atoms with van der Waals surface area (Å²) in [6.45, 7) is 4.29. The third kappa shape index (κ3) is 3.84. The lowest BCUT2D eigenvalue weighted by atomic mass is 9.86. The van der Waals surface area contributed by atoms with Crippen molar-refractivity contribution in [1.29, 1.82) is 0 Å². The molecule has 0 spiro atoms. The van der Waals surface area contributed by atoms with Gasteiger partial charge in [-0.05, 0) is 53.8 Å². The summed E-state index contributed by atoms with van der Waals surface area (Å²) in [4.78, 5) is 33.6. The number of hydrogen-bond acceptors (Lipinski definition) is 7. The van der Waals surface area contributed by atoms with Gasteiger partial charge in [0.2, 0.25) is 0 Å². The zero-order valence-corrected chi connectivity index (χ0v) is 21.5. The van der Waals surface area contributed by atoms with Crippen LogP contribution in [-0.2, 0) is 41.3 Å². The van der Waals surface area contributed by atoms with Crippen molar-refractivity contribution in [2.75, 3.05) is 0 Å². The minimum Gasteiger partial charge on any atom is -0.489 e. The molecule has 6 rings (SSSR count). The number of hydrogen-bond donors (Lipinski definition) is 1. The van der Waals surface area contributed by atoms with Crippen molar-refractivity contribution in [2.24, 2.45) is 5.11 Å². The van der Waals surface area contributed by atoms with Crippen LogP contribution in [0.4, 0.5) is 5.69 Å². The highest BCUT2D eigenvalue weighted by Crippen LogP contribution is 2.40. The average molecular weight is 524 g/mol. The Kier molecular flexibility index (Phi) is 5.86. The van der Waals surface area contributed by atoms with Gasteiger partial charge in [-0.2, -0.15) is 0 Å².